The Hall–Kier alpha value is -2.39. The molecule has 2 aromatic rings. The van der Waals surface area contributed by atoms with E-state index in [0.717, 1.165) is 37.8 Å². The van der Waals surface area contributed by atoms with Crippen LogP contribution in [0, 0.1) is 34.9 Å². The quantitative estimate of drug-likeness (QED) is 0.716. The molecule has 0 spiro atoms. The second-order valence-electron chi connectivity index (χ2n) is 7.69. The summed E-state index contributed by atoms with van der Waals surface area (Å²) in [7, 11) is 0. The first-order chi connectivity index (χ1) is 13.6. The van der Waals surface area contributed by atoms with Gasteiger partial charge in [0.2, 0.25) is 5.95 Å². The molecule has 5 nitrogen and oxygen atoms in total. The fraction of sp³-hybridized carbons (Fsp3) is 0.476. The molecule has 1 saturated carbocycles. The van der Waals surface area contributed by atoms with E-state index in [1.807, 2.05) is 6.07 Å². The SMILES string of the molecule is N#Cc1ccc(OC[C@@H]2C[C@H]2CC2CCN(c3ncc(Cl)cn3)CC2)cc1F. The summed E-state index contributed by atoms with van der Waals surface area (Å²) < 4.78 is 19.4. The van der Waals surface area contributed by atoms with E-state index in [1.54, 1.807) is 18.5 Å². The normalized spacial score (nSPS) is 22.0. The van der Waals surface area contributed by atoms with Gasteiger partial charge in [-0.05, 0) is 55.6 Å². The van der Waals surface area contributed by atoms with Crippen molar-refractivity contribution in [2.24, 2.45) is 17.8 Å². The summed E-state index contributed by atoms with van der Waals surface area (Å²) in [6.07, 6.45) is 7.99. The summed E-state index contributed by atoms with van der Waals surface area (Å²) in [5.74, 6) is 2.71. The third kappa shape index (κ3) is 4.53. The van der Waals surface area contributed by atoms with E-state index in [2.05, 4.69) is 14.9 Å². The molecule has 1 aliphatic heterocycles. The summed E-state index contributed by atoms with van der Waals surface area (Å²) in [4.78, 5) is 10.8. The second kappa shape index (κ2) is 8.32. The van der Waals surface area contributed by atoms with E-state index in [-0.39, 0.29) is 5.56 Å². The van der Waals surface area contributed by atoms with Crippen molar-refractivity contribution >= 4 is 17.5 Å². The molecule has 28 heavy (non-hydrogen) atoms. The summed E-state index contributed by atoms with van der Waals surface area (Å²) >= 11 is 5.85. The molecule has 2 heterocycles. The highest BCUT2D eigenvalue weighted by Crippen LogP contribution is 2.45. The first-order valence-corrected chi connectivity index (χ1v) is 10.0. The molecule has 2 atom stereocenters. The molecule has 1 aliphatic carbocycles. The lowest BCUT2D eigenvalue weighted by Crippen LogP contribution is -2.35. The third-order valence-electron chi connectivity index (χ3n) is 5.73. The Bertz CT molecular complexity index is 862. The molecule has 146 valence electrons. The molecule has 4 rings (SSSR count). The lowest BCUT2D eigenvalue weighted by Gasteiger charge is -2.32. The number of hydrogen-bond acceptors (Lipinski definition) is 5. The zero-order valence-corrected chi connectivity index (χ0v) is 16.3. The van der Waals surface area contributed by atoms with Gasteiger partial charge in [0.05, 0.1) is 29.6 Å². The minimum Gasteiger partial charge on any atom is -0.493 e. The minimum absolute atomic E-state index is 0.0481. The van der Waals surface area contributed by atoms with Gasteiger partial charge in [0.15, 0.2) is 0 Å². The largest absolute Gasteiger partial charge is 0.493 e. The van der Waals surface area contributed by atoms with Crippen LogP contribution in [0.3, 0.4) is 0 Å². The monoisotopic (exact) mass is 400 g/mol. The fourth-order valence-electron chi connectivity index (χ4n) is 3.95. The summed E-state index contributed by atoms with van der Waals surface area (Å²) in [5.41, 5.74) is 0.0481. The summed E-state index contributed by atoms with van der Waals surface area (Å²) in [5, 5.41) is 9.33. The molecule has 7 heteroatoms. The van der Waals surface area contributed by atoms with Crippen molar-refractivity contribution in [3.05, 3.63) is 47.0 Å². The van der Waals surface area contributed by atoms with Crippen molar-refractivity contribution in [3.8, 4) is 11.8 Å². The molecule has 1 saturated heterocycles. The van der Waals surface area contributed by atoms with Gasteiger partial charge >= 0.3 is 0 Å². The Morgan fingerprint density at radius 2 is 1.96 bits per heavy atom. The molecule has 0 radical (unpaired) electrons. The maximum absolute atomic E-state index is 13.6. The van der Waals surface area contributed by atoms with Crippen LogP contribution < -0.4 is 9.64 Å². The number of piperidine rings is 1. The Labute approximate surface area is 169 Å². The summed E-state index contributed by atoms with van der Waals surface area (Å²) in [6, 6.07) is 6.24. The zero-order valence-electron chi connectivity index (χ0n) is 15.5. The lowest BCUT2D eigenvalue weighted by molar-refractivity contribution is 0.278. The van der Waals surface area contributed by atoms with E-state index >= 15 is 0 Å². The molecule has 1 aromatic heterocycles. The number of nitriles is 1. The van der Waals surface area contributed by atoms with Gasteiger partial charge in [-0.2, -0.15) is 5.26 Å². The van der Waals surface area contributed by atoms with E-state index in [4.69, 9.17) is 21.6 Å². The van der Waals surface area contributed by atoms with Gasteiger partial charge in [-0.3, -0.25) is 0 Å². The van der Waals surface area contributed by atoms with Crippen molar-refractivity contribution in [1.82, 2.24) is 9.97 Å². The number of benzene rings is 1. The van der Waals surface area contributed by atoms with Crippen LogP contribution in [0.25, 0.3) is 0 Å². The predicted molar refractivity (Wildman–Crippen MR) is 105 cm³/mol. The van der Waals surface area contributed by atoms with Gasteiger partial charge in [0.25, 0.3) is 0 Å². The number of hydrogen-bond donors (Lipinski definition) is 0. The van der Waals surface area contributed by atoms with Crippen molar-refractivity contribution in [1.29, 1.82) is 5.26 Å². The Balaban J connectivity index is 1.18. The van der Waals surface area contributed by atoms with Crippen LogP contribution in [0.2, 0.25) is 5.02 Å². The van der Waals surface area contributed by atoms with Gasteiger partial charge in [-0.25, -0.2) is 14.4 Å². The van der Waals surface area contributed by atoms with E-state index in [1.165, 1.54) is 25.0 Å². The van der Waals surface area contributed by atoms with Crippen molar-refractivity contribution in [2.45, 2.75) is 25.7 Å². The van der Waals surface area contributed by atoms with Crippen LogP contribution in [-0.4, -0.2) is 29.7 Å². The first-order valence-electron chi connectivity index (χ1n) is 9.67. The number of aromatic nitrogens is 2. The Morgan fingerprint density at radius 1 is 1.21 bits per heavy atom. The van der Waals surface area contributed by atoms with Gasteiger partial charge < -0.3 is 9.64 Å². The van der Waals surface area contributed by atoms with Crippen LogP contribution in [-0.2, 0) is 0 Å². The third-order valence-corrected chi connectivity index (χ3v) is 5.93. The number of halogens is 2. The van der Waals surface area contributed by atoms with Crippen LogP contribution in [0.1, 0.15) is 31.2 Å². The molecule has 0 unspecified atom stereocenters. The second-order valence-corrected chi connectivity index (χ2v) is 8.12. The Morgan fingerprint density at radius 3 is 2.64 bits per heavy atom. The van der Waals surface area contributed by atoms with Crippen LogP contribution in [0.5, 0.6) is 5.75 Å². The van der Waals surface area contributed by atoms with E-state index in [9.17, 15) is 4.39 Å². The highest BCUT2D eigenvalue weighted by Gasteiger charge is 2.39. The van der Waals surface area contributed by atoms with Crippen molar-refractivity contribution < 1.29 is 9.13 Å². The molecule has 2 fully saturated rings. The smallest absolute Gasteiger partial charge is 0.225 e. The lowest BCUT2D eigenvalue weighted by atomic mass is 9.91. The average molecular weight is 401 g/mol. The molecule has 1 aromatic carbocycles. The van der Waals surface area contributed by atoms with Crippen LogP contribution in [0.4, 0.5) is 10.3 Å². The summed E-state index contributed by atoms with van der Waals surface area (Å²) in [6.45, 7) is 2.57. The predicted octanol–water partition coefficient (Wildman–Crippen LogP) is 4.46. The molecular formula is C21H22ClFN4O. The zero-order chi connectivity index (χ0) is 19.5. The molecule has 0 N–H and O–H groups in total. The highest BCUT2D eigenvalue weighted by atomic mass is 35.5. The first kappa shape index (κ1) is 18.9. The van der Waals surface area contributed by atoms with Crippen LogP contribution >= 0.6 is 11.6 Å². The number of anilines is 1. The fourth-order valence-corrected chi connectivity index (χ4v) is 4.05. The molecule has 0 bridgehead atoms. The minimum atomic E-state index is -0.524. The molecular weight excluding hydrogens is 379 g/mol. The standard InChI is InChI=1S/C21H22ClFN4O/c22-18-11-25-21(26-12-18)27-5-3-14(4-6-27)7-16-8-17(16)13-28-19-2-1-15(10-24)20(23)9-19/h1-2,9,11-12,14,16-17H,3-8,13H2/t16-,17+/m1/s1. The maximum Gasteiger partial charge on any atom is 0.225 e. The number of nitrogens with zero attached hydrogens (tertiary/aromatic N) is 4. The van der Waals surface area contributed by atoms with E-state index < -0.39 is 5.82 Å². The van der Waals surface area contributed by atoms with Crippen molar-refractivity contribution in [3.63, 3.8) is 0 Å². The van der Waals surface area contributed by atoms with Crippen LogP contribution in [0.15, 0.2) is 30.6 Å². The van der Waals surface area contributed by atoms with Crippen molar-refractivity contribution in [2.75, 3.05) is 24.6 Å². The van der Waals surface area contributed by atoms with Gasteiger partial charge in [-0.1, -0.05) is 11.6 Å². The topological polar surface area (TPSA) is 62.0 Å². The average Bonchev–Trinajstić information content (AvgIpc) is 3.45. The highest BCUT2D eigenvalue weighted by molar-refractivity contribution is 6.30. The molecule has 0 amide bonds. The van der Waals surface area contributed by atoms with E-state index in [0.29, 0.717) is 29.2 Å². The molecule has 2 aliphatic rings. The van der Waals surface area contributed by atoms with Gasteiger partial charge in [-0.15, -0.1) is 0 Å². The maximum atomic E-state index is 13.6. The number of ether oxygens (including phenoxy) is 1. The van der Waals surface area contributed by atoms with Gasteiger partial charge in [0, 0.05) is 19.2 Å². The number of rotatable bonds is 6. The van der Waals surface area contributed by atoms with Gasteiger partial charge in [0.1, 0.15) is 17.6 Å². The Kier molecular flexibility index (Phi) is 5.63.